The molecule has 0 bridgehead atoms. The number of hydrogen-bond acceptors (Lipinski definition) is 2. The van der Waals surface area contributed by atoms with Crippen molar-refractivity contribution in [2.45, 2.75) is 39.5 Å². The smallest absolute Gasteiger partial charge is 0.265 e. The number of carbonyl (C=O) groups excluding carboxylic acids is 2. The van der Waals surface area contributed by atoms with Gasteiger partial charge in [-0.25, -0.2) is 8.78 Å². The van der Waals surface area contributed by atoms with Gasteiger partial charge in [-0.1, -0.05) is 13.8 Å². The van der Waals surface area contributed by atoms with E-state index in [0.717, 1.165) is 4.90 Å². The van der Waals surface area contributed by atoms with Gasteiger partial charge in [-0.05, 0) is 6.92 Å². The van der Waals surface area contributed by atoms with E-state index >= 15 is 0 Å². The second-order valence-corrected chi connectivity index (χ2v) is 2.74. The summed E-state index contributed by atoms with van der Waals surface area (Å²) in [7, 11) is 0. The zero-order valence-corrected chi connectivity index (χ0v) is 8.64. The fraction of sp³-hybridized carbons (Fsp3) is 0.778. The van der Waals surface area contributed by atoms with Gasteiger partial charge >= 0.3 is 0 Å². The van der Waals surface area contributed by atoms with E-state index in [1.165, 1.54) is 0 Å². The number of piperidine rings is 1. The van der Waals surface area contributed by atoms with Crippen LogP contribution in [0.4, 0.5) is 8.78 Å². The molecule has 0 spiro atoms. The first-order valence-electron chi connectivity index (χ1n) is 4.67. The Morgan fingerprint density at radius 3 is 1.86 bits per heavy atom. The third-order valence-electron chi connectivity index (χ3n) is 1.74. The maximum absolute atomic E-state index is 12.5. The Morgan fingerprint density at radius 2 is 1.57 bits per heavy atom. The molecule has 0 aromatic carbocycles. The number of hydrogen-bond donors (Lipinski definition) is 0. The van der Waals surface area contributed by atoms with Crippen LogP contribution in [-0.4, -0.2) is 29.2 Å². The topological polar surface area (TPSA) is 37.4 Å². The van der Waals surface area contributed by atoms with E-state index in [2.05, 4.69) is 0 Å². The third kappa shape index (κ3) is 3.05. The number of rotatable bonds is 1. The van der Waals surface area contributed by atoms with Crippen LogP contribution in [0.5, 0.6) is 0 Å². The molecule has 2 amide bonds. The average molecular weight is 207 g/mol. The SMILES string of the molecule is CC.CCN1C(=O)CC(F)(F)CC1=O. The summed E-state index contributed by atoms with van der Waals surface area (Å²) < 4.78 is 25.1. The molecule has 1 fully saturated rings. The van der Waals surface area contributed by atoms with E-state index in [4.69, 9.17) is 0 Å². The van der Waals surface area contributed by atoms with Crippen LogP contribution in [0.2, 0.25) is 0 Å². The Balaban J connectivity index is 0.000000791. The largest absolute Gasteiger partial charge is 0.283 e. The highest BCUT2D eigenvalue weighted by atomic mass is 19.3. The summed E-state index contributed by atoms with van der Waals surface area (Å²) in [5, 5.41) is 0. The Morgan fingerprint density at radius 1 is 1.21 bits per heavy atom. The minimum Gasteiger partial charge on any atom is -0.283 e. The van der Waals surface area contributed by atoms with E-state index in [9.17, 15) is 18.4 Å². The number of likely N-dealkylation sites (tertiary alicyclic amines) is 1. The molecule has 3 nitrogen and oxygen atoms in total. The Labute approximate surface area is 82.1 Å². The van der Waals surface area contributed by atoms with Crippen LogP contribution in [0.25, 0.3) is 0 Å². The quantitative estimate of drug-likeness (QED) is 0.615. The lowest BCUT2D eigenvalue weighted by molar-refractivity contribution is -0.161. The monoisotopic (exact) mass is 207 g/mol. The van der Waals surface area contributed by atoms with Crippen LogP contribution in [0.3, 0.4) is 0 Å². The lowest BCUT2D eigenvalue weighted by atomic mass is 10.1. The highest BCUT2D eigenvalue weighted by Gasteiger charge is 2.43. The summed E-state index contributed by atoms with van der Waals surface area (Å²) in [6, 6.07) is 0. The van der Waals surface area contributed by atoms with Gasteiger partial charge in [-0.3, -0.25) is 14.5 Å². The van der Waals surface area contributed by atoms with Gasteiger partial charge in [0.25, 0.3) is 5.92 Å². The van der Waals surface area contributed by atoms with E-state index in [-0.39, 0.29) is 6.54 Å². The normalized spacial score (nSPS) is 20.2. The minimum absolute atomic E-state index is 0.174. The molecule has 5 heteroatoms. The Kier molecular flexibility index (Phi) is 4.67. The second kappa shape index (κ2) is 5.02. The minimum atomic E-state index is -3.14. The van der Waals surface area contributed by atoms with Crippen molar-refractivity contribution in [3.8, 4) is 0 Å². The van der Waals surface area contributed by atoms with Gasteiger partial charge in [0.1, 0.15) is 0 Å². The Hall–Kier alpha value is -1.00. The number of amides is 2. The summed E-state index contributed by atoms with van der Waals surface area (Å²) >= 11 is 0. The molecule has 1 aliphatic heterocycles. The molecule has 0 unspecified atom stereocenters. The zero-order valence-electron chi connectivity index (χ0n) is 8.64. The maximum Gasteiger partial charge on any atom is 0.265 e. The molecule has 82 valence electrons. The van der Waals surface area contributed by atoms with Crippen molar-refractivity contribution in [2.75, 3.05) is 6.54 Å². The van der Waals surface area contributed by atoms with Crippen LogP contribution in [0, 0.1) is 0 Å². The van der Waals surface area contributed by atoms with Gasteiger partial charge in [0, 0.05) is 6.54 Å². The number of imide groups is 1. The molecule has 0 atom stereocenters. The fourth-order valence-electron chi connectivity index (χ4n) is 1.19. The van der Waals surface area contributed by atoms with Crippen molar-refractivity contribution in [1.82, 2.24) is 4.90 Å². The number of halogens is 2. The van der Waals surface area contributed by atoms with Gasteiger partial charge in [0.15, 0.2) is 0 Å². The highest BCUT2D eigenvalue weighted by molar-refractivity contribution is 5.98. The Bertz CT molecular complexity index is 209. The molecular formula is C9H15F2NO2. The molecule has 1 heterocycles. The lowest BCUT2D eigenvalue weighted by Crippen LogP contribution is -2.47. The summed E-state index contributed by atoms with van der Waals surface area (Å²) in [6.07, 6.45) is -1.68. The lowest BCUT2D eigenvalue weighted by Gasteiger charge is -2.28. The van der Waals surface area contributed by atoms with Gasteiger partial charge in [0.2, 0.25) is 11.8 Å². The van der Waals surface area contributed by atoms with Crippen molar-refractivity contribution < 1.29 is 18.4 Å². The number of alkyl halides is 2. The first kappa shape index (κ1) is 13.0. The van der Waals surface area contributed by atoms with Crippen molar-refractivity contribution in [2.24, 2.45) is 0 Å². The van der Waals surface area contributed by atoms with E-state index in [1.807, 2.05) is 13.8 Å². The van der Waals surface area contributed by atoms with Crippen LogP contribution in [0.15, 0.2) is 0 Å². The molecule has 14 heavy (non-hydrogen) atoms. The van der Waals surface area contributed by atoms with Crippen molar-refractivity contribution in [3.05, 3.63) is 0 Å². The summed E-state index contributed by atoms with van der Waals surface area (Å²) in [5.41, 5.74) is 0. The summed E-state index contributed by atoms with van der Waals surface area (Å²) in [4.78, 5) is 22.6. The average Bonchev–Trinajstić information content (AvgIpc) is 2.05. The first-order chi connectivity index (χ1) is 6.46. The second-order valence-electron chi connectivity index (χ2n) is 2.74. The molecule has 0 aromatic heterocycles. The summed E-state index contributed by atoms with van der Waals surface area (Å²) in [6.45, 7) is 5.76. The predicted molar refractivity (Wildman–Crippen MR) is 47.9 cm³/mol. The summed E-state index contributed by atoms with van der Waals surface area (Å²) in [5.74, 6) is -4.70. The molecule has 1 aliphatic rings. The molecule has 0 N–H and O–H groups in total. The first-order valence-corrected chi connectivity index (χ1v) is 4.67. The van der Waals surface area contributed by atoms with Crippen molar-refractivity contribution in [3.63, 3.8) is 0 Å². The number of carbonyl (C=O) groups is 2. The van der Waals surface area contributed by atoms with Gasteiger partial charge < -0.3 is 0 Å². The van der Waals surface area contributed by atoms with E-state index in [0.29, 0.717) is 0 Å². The zero-order chi connectivity index (χ0) is 11.4. The van der Waals surface area contributed by atoms with Crippen molar-refractivity contribution >= 4 is 11.8 Å². The molecule has 0 saturated carbocycles. The van der Waals surface area contributed by atoms with Gasteiger partial charge in [0.05, 0.1) is 12.8 Å². The molecule has 1 rings (SSSR count). The molecule has 0 aliphatic carbocycles. The fourth-order valence-corrected chi connectivity index (χ4v) is 1.19. The van der Waals surface area contributed by atoms with Crippen LogP contribution >= 0.6 is 0 Å². The van der Waals surface area contributed by atoms with Crippen LogP contribution in [0.1, 0.15) is 33.6 Å². The van der Waals surface area contributed by atoms with E-state index in [1.54, 1.807) is 6.92 Å². The maximum atomic E-state index is 12.5. The van der Waals surface area contributed by atoms with Gasteiger partial charge in [-0.2, -0.15) is 0 Å². The van der Waals surface area contributed by atoms with E-state index < -0.39 is 30.6 Å². The number of nitrogens with zero attached hydrogens (tertiary/aromatic N) is 1. The molecule has 1 saturated heterocycles. The third-order valence-corrected chi connectivity index (χ3v) is 1.74. The van der Waals surface area contributed by atoms with Crippen LogP contribution in [-0.2, 0) is 9.59 Å². The highest BCUT2D eigenvalue weighted by Crippen LogP contribution is 2.28. The molecule has 0 radical (unpaired) electrons. The molecule has 0 aromatic rings. The standard InChI is InChI=1S/C7H9F2NO2.C2H6/c1-2-10-5(11)3-7(8,9)4-6(10)12;1-2/h2-4H2,1H3;1-2H3. The van der Waals surface area contributed by atoms with Crippen molar-refractivity contribution in [1.29, 1.82) is 0 Å². The van der Waals surface area contributed by atoms with Gasteiger partial charge in [-0.15, -0.1) is 0 Å². The van der Waals surface area contributed by atoms with Crippen LogP contribution < -0.4 is 0 Å². The molecular weight excluding hydrogens is 192 g/mol. The predicted octanol–water partition coefficient (Wildman–Crippen LogP) is 1.82.